The van der Waals surface area contributed by atoms with Crippen molar-refractivity contribution in [2.75, 3.05) is 26.0 Å². The van der Waals surface area contributed by atoms with Crippen molar-refractivity contribution in [3.63, 3.8) is 0 Å². The lowest BCUT2D eigenvalue weighted by molar-refractivity contribution is 0.303. The van der Waals surface area contributed by atoms with Gasteiger partial charge in [0.25, 0.3) is 5.56 Å². The average molecular weight is 380 g/mol. The number of anilines is 1. The maximum atomic E-state index is 14.3. The smallest absolute Gasteiger partial charge is 0.332 e. The molecule has 2 aromatic rings. The van der Waals surface area contributed by atoms with Gasteiger partial charge in [0, 0.05) is 31.2 Å². The van der Waals surface area contributed by atoms with Crippen LogP contribution in [-0.4, -0.2) is 34.7 Å². The summed E-state index contributed by atoms with van der Waals surface area (Å²) in [5.41, 5.74) is -1.16. The molecule has 138 valence electrons. The fraction of sp³-hybridized carbons (Fsp3) is 0.353. The van der Waals surface area contributed by atoms with E-state index in [1.54, 1.807) is 25.1 Å². The lowest BCUT2D eigenvalue weighted by atomic mass is 10.0. The number of benzene rings is 1. The van der Waals surface area contributed by atoms with Gasteiger partial charge >= 0.3 is 5.69 Å². The van der Waals surface area contributed by atoms with E-state index in [2.05, 4.69) is 5.32 Å². The number of nitrogens with zero attached hydrogens (tertiary/aromatic N) is 4. The van der Waals surface area contributed by atoms with E-state index >= 15 is 0 Å². The molecule has 0 saturated heterocycles. The summed E-state index contributed by atoms with van der Waals surface area (Å²) >= 11 is 6.16. The van der Waals surface area contributed by atoms with Crippen LogP contribution < -0.4 is 16.6 Å². The standard InChI is InChI=1S/C17H19ClFN5O2/c1-22(2)13(14-11(18)6-5-7-12(14)19)9-21-15-10(8-20)16(25)24(4)17(26)23(15)3/h5-7,13,21H,9H2,1-4H3. The van der Waals surface area contributed by atoms with Gasteiger partial charge in [-0.05, 0) is 26.2 Å². The van der Waals surface area contributed by atoms with Crippen molar-refractivity contribution in [3.8, 4) is 6.07 Å². The maximum absolute atomic E-state index is 14.3. The number of nitrogens with one attached hydrogen (secondary N) is 1. The van der Waals surface area contributed by atoms with Gasteiger partial charge in [0.15, 0.2) is 5.56 Å². The third-order valence-electron chi connectivity index (χ3n) is 4.20. The van der Waals surface area contributed by atoms with Gasteiger partial charge in [0.05, 0.1) is 6.04 Å². The molecule has 26 heavy (non-hydrogen) atoms. The Morgan fingerprint density at radius 2 is 1.96 bits per heavy atom. The molecule has 0 aliphatic rings. The molecular weight excluding hydrogens is 361 g/mol. The first kappa shape index (κ1) is 19.7. The van der Waals surface area contributed by atoms with Crippen LogP contribution in [0.3, 0.4) is 0 Å². The SMILES string of the molecule is CN(C)C(CNc1c(C#N)c(=O)n(C)c(=O)n1C)c1c(F)cccc1Cl. The molecule has 1 unspecified atom stereocenters. The predicted octanol–water partition coefficient (Wildman–Crippen LogP) is 1.46. The van der Waals surface area contributed by atoms with Gasteiger partial charge in [0.2, 0.25) is 0 Å². The van der Waals surface area contributed by atoms with E-state index in [0.717, 1.165) is 4.57 Å². The zero-order valence-corrected chi connectivity index (χ0v) is 15.6. The number of hydrogen-bond acceptors (Lipinski definition) is 5. The third kappa shape index (κ3) is 3.49. The number of nitriles is 1. The summed E-state index contributed by atoms with van der Waals surface area (Å²) in [5.74, 6) is -0.378. The topological polar surface area (TPSA) is 83.1 Å². The van der Waals surface area contributed by atoms with E-state index in [9.17, 15) is 19.2 Å². The Labute approximate surface area is 154 Å². The Bertz CT molecular complexity index is 970. The Kier molecular flexibility index (Phi) is 5.85. The average Bonchev–Trinajstić information content (AvgIpc) is 2.59. The highest BCUT2D eigenvalue weighted by molar-refractivity contribution is 6.31. The van der Waals surface area contributed by atoms with Crippen LogP contribution in [0.1, 0.15) is 17.2 Å². The second-order valence-corrected chi connectivity index (χ2v) is 6.44. The fourth-order valence-electron chi connectivity index (χ4n) is 2.72. The van der Waals surface area contributed by atoms with Crippen molar-refractivity contribution in [2.45, 2.75) is 6.04 Å². The molecule has 0 aliphatic heterocycles. The number of likely N-dealkylation sites (N-methyl/N-ethyl adjacent to an activating group) is 1. The van der Waals surface area contributed by atoms with Crippen LogP contribution in [0.15, 0.2) is 27.8 Å². The van der Waals surface area contributed by atoms with Crippen LogP contribution in [0.25, 0.3) is 0 Å². The minimum absolute atomic E-state index is 0.0833. The molecular formula is C17H19ClFN5O2. The first-order chi connectivity index (χ1) is 12.2. The van der Waals surface area contributed by atoms with E-state index in [4.69, 9.17) is 11.6 Å². The summed E-state index contributed by atoms with van der Waals surface area (Å²) in [6.07, 6.45) is 0. The molecule has 2 rings (SSSR count). The minimum Gasteiger partial charge on any atom is -0.368 e. The number of aromatic nitrogens is 2. The van der Waals surface area contributed by atoms with Gasteiger partial charge in [-0.1, -0.05) is 17.7 Å². The lowest BCUT2D eigenvalue weighted by Gasteiger charge is -2.27. The molecule has 0 spiro atoms. The second-order valence-electron chi connectivity index (χ2n) is 6.04. The molecule has 1 atom stereocenters. The zero-order chi connectivity index (χ0) is 19.6. The minimum atomic E-state index is -0.691. The highest BCUT2D eigenvalue weighted by Crippen LogP contribution is 2.29. The summed E-state index contributed by atoms with van der Waals surface area (Å²) in [7, 11) is 6.26. The quantitative estimate of drug-likeness (QED) is 0.850. The van der Waals surface area contributed by atoms with E-state index in [0.29, 0.717) is 5.56 Å². The van der Waals surface area contributed by atoms with Crippen LogP contribution in [-0.2, 0) is 14.1 Å². The number of hydrogen-bond donors (Lipinski definition) is 1. The molecule has 1 aromatic heterocycles. The first-order valence-corrected chi connectivity index (χ1v) is 8.12. The molecule has 0 aliphatic carbocycles. The maximum Gasteiger partial charge on any atom is 0.332 e. The normalized spacial score (nSPS) is 12.1. The lowest BCUT2D eigenvalue weighted by Crippen LogP contribution is -2.40. The largest absolute Gasteiger partial charge is 0.368 e. The number of halogens is 2. The van der Waals surface area contributed by atoms with Gasteiger partial charge in [0.1, 0.15) is 17.7 Å². The van der Waals surface area contributed by atoms with Crippen molar-refractivity contribution >= 4 is 17.4 Å². The van der Waals surface area contributed by atoms with Crippen LogP contribution >= 0.6 is 11.6 Å². The molecule has 0 radical (unpaired) electrons. The molecule has 0 bridgehead atoms. The van der Waals surface area contributed by atoms with E-state index in [-0.39, 0.29) is 22.9 Å². The molecule has 1 heterocycles. The number of rotatable bonds is 5. The Morgan fingerprint density at radius 3 is 2.50 bits per heavy atom. The van der Waals surface area contributed by atoms with E-state index in [1.165, 1.54) is 30.8 Å². The van der Waals surface area contributed by atoms with Crippen molar-refractivity contribution in [3.05, 3.63) is 61.0 Å². The van der Waals surface area contributed by atoms with Gasteiger partial charge < -0.3 is 10.2 Å². The zero-order valence-electron chi connectivity index (χ0n) is 14.9. The van der Waals surface area contributed by atoms with Gasteiger partial charge in [-0.2, -0.15) is 5.26 Å². The van der Waals surface area contributed by atoms with Crippen molar-refractivity contribution in [2.24, 2.45) is 14.1 Å². The highest BCUT2D eigenvalue weighted by Gasteiger charge is 2.23. The Balaban J connectivity index is 2.48. The van der Waals surface area contributed by atoms with Gasteiger partial charge in [-0.15, -0.1) is 0 Å². The third-order valence-corrected chi connectivity index (χ3v) is 4.53. The first-order valence-electron chi connectivity index (χ1n) is 7.75. The molecule has 1 N–H and O–H groups in total. The summed E-state index contributed by atoms with van der Waals surface area (Å²) in [6.45, 7) is 0.128. The molecule has 0 amide bonds. The monoisotopic (exact) mass is 379 g/mol. The molecule has 0 saturated carbocycles. The van der Waals surface area contributed by atoms with Crippen LogP contribution in [0.4, 0.5) is 10.2 Å². The van der Waals surface area contributed by atoms with Gasteiger partial charge in [-0.25, -0.2) is 9.18 Å². The molecule has 0 fully saturated rings. The van der Waals surface area contributed by atoms with Crippen LogP contribution in [0, 0.1) is 17.1 Å². The fourth-order valence-corrected chi connectivity index (χ4v) is 3.01. The van der Waals surface area contributed by atoms with Crippen LogP contribution in [0.5, 0.6) is 0 Å². The van der Waals surface area contributed by atoms with Crippen molar-refractivity contribution < 1.29 is 4.39 Å². The molecule has 7 nitrogen and oxygen atoms in total. The van der Waals surface area contributed by atoms with E-state index in [1.807, 2.05) is 6.07 Å². The van der Waals surface area contributed by atoms with Crippen molar-refractivity contribution in [1.29, 1.82) is 5.26 Å². The van der Waals surface area contributed by atoms with Crippen LogP contribution in [0.2, 0.25) is 5.02 Å². The van der Waals surface area contributed by atoms with Crippen molar-refractivity contribution in [1.82, 2.24) is 14.0 Å². The second kappa shape index (κ2) is 7.72. The predicted molar refractivity (Wildman–Crippen MR) is 98.0 cm³/mol. The summed E-state index contributed by atoms with van der Waals surface area (Å²) in [5, 5.41) is 12.5. The Hall–Kier alpha value is -2.63. The Morgan fingerprint density at radius 1 is 1.31 bits per heavy atom. The summed E-state index contributed by atoms with van der Waals surface area (Å²) < 4.78 is 16.3. The highest BCUT2D eigenvalue weighted by atomic mass is 35.5. The molecule has 1 aromatic carbocycles. The van der Waals surface area contributed by atoms with E-state index < -0.39 is 23.1 Å². The summed E-state index contributed by atoms with van der Waals surface area (Å²) in [4.78, 5) is 26.0. The van der Waals surface area contributed by atoms with Gasteiger partial charge in [-0.3, -0.25) is 13.9 Å². The summed E-state index contributed by atoms with van der Waals surface area (Å²) in [6, 6.07) is 5.74. The molecule has 9 heteroatoms.